The van der Waals surface area contributed by atoms with Crippen molar-refractivity contribution >= 4 is 28.8 Å². The molecule has 82 valence electrons. The molecule has 0 bridgehead atoms. The average molecular weight is 254 g/mol. The summed E-state index contributed by atoms with van der Waals surface area (Å²) < 4.78 is 0. The van der Waals surface area contributed by atoms with Crippen LogP contribution in [0.2, 0.25) is 5.15 Å². The number of nitrogens with zero attached hydrogens (tertiary/aromatic N) is 2. The maximum atomic E-state index is 11.6. The van der Waals surface area contributed by atoms with Crippen LogP contribution < -0.4 is 5.32 Å². The molecule has 0 unspecified atom stereocenters. The Morgan fingerprint density at radius 1 is 1.50 bits per heavy atom. The smallest absolute Gasteiger partial charge is 0.271 e. The number of rotatable bonds is 3. The number of nitrogens with one attached hydrogen (secondary N) is 1. The van der Waals surface area contributed by atoms with E-state index in [0.29, 0.717) is 6.54 Å². The number of carbonyl (C=O) groups excluding carboxylic acids is 1. The Hall–Kier alpha value is -1.46. The van der Waals surface area contributed by atoms with Crippen LogP contribution in [0.1, 0.15) is 15.4 Å². The fourth-order valence-electron chi connectivity index (χ4n) is 1.12. The minimum atomic E-state index is -0.275. The van der Waals surface area contributed by atoms with Crippen LogP contribution in [0, 0.1) is 0 Å². The van der Waals surface area contributed by atoms with Crippen molar-refractivity contribution in [1.29, 1.82) is 0 Å². The van der Waals surface area contributed by atoms with Crippen molar-refractivity contribution in [1.82, 2.24) is 15.3 Å². The number of thiophene rings is 1. The van der Waals surface area contributed by atoms with E-state index in [1.165, 1.54) is 12.4 Å². The van der Waals surface area contributed by atoms with Crippen LogP contribution in [0.3, 0.4) is 0 Å². The first-order valence-electron chi connectivity index (χ1n) is 4.54. The highest BCUT2D eigenvalue weighted by molar-refractivity contribution is 7.09. The first-order chi connectivity index (χ1) is 7.75. The maximum absolute atomic E-state index is 11.6. The Morgan fingerprint density at radius 3 is 3.06 bits per heavy atom. The summed E-state index contributed by atoms with van der Waals surface area (Å²) in [6.45, 7) is 0.491. The molecule has 1 N–H and O–H groups in total. The average Bonchev–Trinajstić information content (AvgIpc) is 2.78. The second kappa shape index (κ2) is 5.05. The number of hydrogen-bond donors (Lipinski definition) is 1. The van der Waals surface area contributed by atoms with Gasteiger partial charge in [0.05, 0.1) is 18.9 Å². The van der Waals surface area contributed by atoms with Crippen LogP contribution in [0.5, 0.6) is 0 Å². The Balaban J connectivity index is 1.98. The van der Waals surface area contributed by atoms with Gasteiger partial charge in [-0.05, 0) is 11.4 Å². The third-order valence-electron chi connectivity index (χ3n) is 1.84. The van der Waals surface area contributed by atoms with Gasteiger partial charge in [0.2, 0.25) is 0 Å². The number of halogens is 1. The minimum Gasteiger partial charge on any atom is -0.346 e. The molecule has 0 spiro atoms. The quantitative estimate of drug-likeness (QED) is 0.912. The molecule has 1 amide bonds. The van der Waals surface area contributed by atoms with Crippen molar-refractivity contribution in [3.05, 3.63) is 45.6 Å². The molecular formula is C10H8ClN3OS. The Bertz CT molecular complexity index is 487. The van der Waals surface area contributed by atoms with Gasteiger partial charge in [-0.1, -0.05) is 17.7 Å². The molecule has 0 fully saturated rings. The lowest BCUT2D eigenvalue weighted by Crippen LogP contribution is -2.23. The van der Waals surface area contributed by atoms with Crippen LogP contribution >= 0.6 is 22.9 Å². The second-order valence-electron chi connectivity index (χ2n) is 2.99. The highest BCUT2D eigenvalue weighted by Gasteiger charge is 2.07. The molecule has 4 nitrogen and oxygen atoms in total. The second-order valence-corrected chi connectivity index (χ2v) is 4.41. The van der Waals surface area contributed by atoms with Crippen molar-refractivity contribution in [3.63, 3.8) is 0 Å². The number of hydrogen-bond acceptors (Lipinski definition) is 4. The molecule has 0 aliphatic carbocycles. The van der Waals surface area contributed by atoms with Gasteiger partial charge in [0, 0.05) is 4.88 Å². The SMILES string of the molecule is O=C(NCc1cccs1)c1cncc(Cl)n1. The standard InChI is InChI=1S/C10H8ClN3OS/c11-9-6-12-5-8(14-9)10(15)13-4-7-2-1-3-16-7/h1-3,5-6H,4H2,(H,13,15). The Labute approximate surface area is 101 Å². The Kier molecular flexibility index (Phi) is 3.48. The summed E-state index contributed by atoms with van der Waals surface area (Å²) in [5, 5.41) is 4.91. The molecule has 2 rings (SSSR count). The molecule has 2 aromatic rings. The minimum absolute atomic E-state index is 0.212. The molecule has 0 aliphatic rings. The molecule has 6 heteroatoms. The zero-order chi connectivity index (χ0) is 11.4. The molecule has 0 saturated carbocycles. The molecule has 0 saturated heterocycles. The summed E-state index contributed by atoms with van der Waals surface area (Å²) in [6.07, 6.45) is 2.77. The summed E-state index contributed by atoms with van der Waals surface area (Å²) >= 11 is 7.22. The molecule has 16 heavy (non-hydrogen) atoms. The molecular weight excluding hydrogens is 246 g/mol. The maximum Gasteiger partial charge on any atom is 0.271 e. The van der Waals surface area contributed by atoms with E-state index in [9.17, 15) is 4.79 Å². The van der Waals surface area contributed by atoms with Crippen LogP contribution in [0.25, 0.3) is 0 Å². The van der Waals surface area contributed by atoms with E-state index in [1.807, 2.05) is 17.5 Å². The number of amides is 1. The first-order valence-corrected chi connectivity index (χ1v) is 5.79. The van der Waals surface area contributed by atoms with Crippen LogP contribution in [-0.2, 0) is 6.54 Å². The van der Waals surface area contributed by atoms with Crippen molar-refractivity contribution in [3.8, 4) is 0 Å². The van der Waals surface area contributed by atoms with Crippen LogP contribution in [0.4, 0.5) is 0 Å². The van der Waals surface area contributed by atoms with Crippen molar-refractivity contribution in [2.75, 3.05) is 0 Å². The Morgan fingerprint density at radius 2 is 2.38 bits per heavy atom. The van der Waals surface area contributed by atoms with E-state index < -0.39 is 0 Å². The summed E-state index contributed by atoms with van der Waals surface area (Å²) in [7, 11) is 0. The van der Waals surface area contributed by atoms with Gasteiger partial charge >= 0.3 is 0 Å². The van der Waals surface area contributed by atoms with Gasteiger partial charge in [-0.2, -0.15) is 0 Å². The van der Waals surface area contributed by atoms with E-state index in [-0.39, 0.29) is 16.8 Å². The van der Waals surface area contributed by atoms with Gasteiger partial charge in [0.25, 0.3) is 5.91 Å². The lowest BCUT2D eigenvalue weighted by Gasteiger charge is -2.02. The van der Waals surface area contributed by atoms with Gasteiger partial charge in [-0.25, -0.2) is 4.98 Å². The van der Waals surface area contributed by atoms with Gasteiger partial charge < -0.3 is 5.32 Å². The predicted molar refractivity (Wildman–Crippen MR) is 62.5 cm³/mol. The van der Waals surface area contributed by atoms with Crippen LogP contribution in [0.15, 0.2) is 29.9 Å². The zero-order valence-electron chi connectivity index (χ0n) is 8.18. The van der Waals surface area contributed by atoms with Gasteiger partial charge in [-0.3, -0.25) is 9.78 Å². The van der Waals surface area contributed by atoms with E-state index in [1.54, 1.807) is 11.3 Å². The van der Waals surface area contributed by atoms with E-state index in [2.05, 4.69) is 15.3 Å². The van der Waals surface area contributed by atoms with E-state index in [0.717, 1.165) is 4.88 Å². The highest BCUT2D eigenvalue weighted by Crippen LogP contribution is 2.08. The molecule has 0 atom stereocenters. The third-order valence-corrected chi connectivity index (χ3v) is 2.90. The lowest BCUT2D eigenvalue weighted by molar-refractivity contribution is 0.0946. The third kappa shape index (κ3) is 2.77. The normalized spacial score (nSPS) is 10.1. The molecule has 0 radical (unpaired) electrons. The molecule has 2 aromatic heterocycles. The van der Waals surface area contributed by atoms with Gasteiger partial charge in [0.1, 0.15) is 10.8 Å². The predicted octanol–water partition coefficient (Wildman–Crippen LogP) is 2.12. The monoisotopic (exact) mass is 253 g/mol. The summed E-state index contributed by atoms with van der Waals surface area (Å²) in [4.78, 5) is 20.4. The van der Waals surface area contributed by atoms with Crippen molar-refractivity contribution in [2.45, 2.75) is 6.54 Å². The fourth-order valence-corrected chi connectivity index (χ4v) is 1.91. The van der Waals surface area contributed by atoms with E-state index >= 15 is 0 Å². The number of carbonyl (C=O) groups is 1. The topological polar surface area (TPSA) is 54.9 Å². The zero-order valence-corrected chi connectivity index (χ0v) is 9.76. The van der Waals surface area contributed by atoms with Crippen molar-refractivity contribution in [2.24, 2.45) is 0 Å². The van der Waals surface area contributed by atoms with Crippen molar-refractivity contribution < 1.29 is 4.79 Å². The fraction of sp³-hybridized carbons (Fsp3) is 0.100. The van der Waals surface area contributed by atoms with E-state index in [4.69, 9.17) is 11.6 Å². The summed E-state index contributed by atoms with van der Waals surface area (Å²) in [6, 6.07) is 3.89. The number of aromatic nitrogens is 2. The summed E-state index contributed by atoms with van der Waals surface area (Å²) in [5.41, 5.74) is 0.226. The van der Waals surface area contributed by atoms with Gasteiger partial charge in [0.15, 0.2) is 0 Å². The lowest BCUT2D eigenvalue weighted by atomic mass is 10.4. The van der Waals surface area contributed by atoms with Crippen LogP contribution in [-0.4, -0.2) is 15.9 Å². The highest BCUT2D eigenvalue weighted by atomic mass is 35.5. The largest absolute Gasteiger partial charge is 0.346 e. The first kappa shape index (κ1) is 11.0. The molecule has 0 aliphatic heterocycles. The van der Waals surface area contributed by atoms with Gasteiger partial charge in [-0.15, -0.1) is 11.3 Å². The summed E-state index contributed by atoms with van der Waals surface area (Å²) in [5.74, 6) is -0.275. The molecule has 2 heterocycles. The molecule has 0 aromatic carbocycles.